The van der Waals surface area contributed by atoms with E-state index >= 15 is 0 Å². The molecule has 0 saturated carbocycles. The first-order chi connectivity index (χ1) is 9.63. The second-order valence-corrected chi connectivity index (χ2v) is 5.34. The summed E-state index contributed by atoms with van der Waals surface area (Å²) in [5.41, 5.74) is 1.08. The molecule has 0 saturated heterocycles. The number of carbonyl (C=O) groups is 2. The normalized spacial score (nSPS) is 14.0. The molecule has 2 heterocycles. The summed E-state index contributed by atoms with van der Waals surface area (Å²) in [5, 5.41) is 0. The Morgan fingerprint density at radius 2 is 2.10 bits per heavy atom. The highest BCUT2D eigenvalue weighted by Gasteiger charge is 2.37. The monoisotopic (exact) mass is 333 g/mol. The van der Waals surface area contributed by atoms with Crippen LogP contribution in [0.4, 0.5) is 5.69 Å². The Morgan fingerprint density at radius 1 is 1.30 bits per heavy atom. The number of aryl methyl sites for hydroxylation is 1. The number of imidazole rings is 1. The Morgan fingerprint density at radius 3 is 2.85 bits per heavy atom. The number of anilines is 1. The molecule has 1 amide bonds. The van der Waals surface area contributed by atoms with Crippen molar-refractivity contribution in [2.45, 2.75) is 20.0 Å². The van der Waals surface area contributed by atoms with Crippen LogP contribution < -0.4 is 4.90 Å². The number of ketones is 1. The molecule has 0 bridgehead atoms. The fraction of sp³-hybridized carbons (Fsp3) is 0.214. The minimum atomic E-state index is -0.502. The first kappa shape index (κ1) is 13.1. The van der Waals surface area contributed by atoms with E-state index in [2.05, 4.69) is 20.9 Å². The predicted octanol–water partition coefficient (Wildman–Crippen LogP) is 2.40. The average molecular weight is 334 g/mol. The van der Waals surface area contributed by atoms with Crippen LogP contribution in [-0.2, 0) is 17.9 Å². The van der Waals surface area contributed by atoms with Crippen LogP contribution >= 0.6 is 15.9 Å². The topological polar surface area (TPSA) is 55.2 Å². The molecule has 1 aromatic heterocycles. The molecule has 1 aliphatic heterocycles. The van der Waals surface area contributed by atoms with Crippen molar-refractivity contribution in [1.29, 1.82) is 0 Å². The van der Waals surface area contributed by atoms with Gasteiger partial charge in [0.2, 0.25) is 0 Å². The van der Waals surface area contributed by atoms with E-state index in [-0.39, 0.29) is 0 Å². The zero-order valence-corrected chi connectivity index (χ0v) is 12.4. The van der Waals surface area contributed by atoms with Crippen LogP contribution in [0.5, 0.6) is 0 Å². The average Bonchev–Trinajstić information content (AvgIpc) is 2.99. The van der Waals surface area contributed by atoms with Crippen molar-refractivity contribution in [3.05, 3.63) is 46.5 Å². The molecule has 2 aromatic rings. The summed E-state index contributed by atoms with van der Waals surface area (Å²) in [5.74, 6) is -0.203. The molecule has 0 unspecified atom stereocenters. The number of amides is 1. The van der Waals surface area contributed by atoms with Gasteiger partial charge in [-0.05, 0) is 35.0 Å². The van der Waals surface area contributed by atoms with Crippen LogP contribution in [0.25, 0.3) is 0 Å². The number of carbonyl (C=O) groups excluding carboxylic acids is 2. The molecule has 102 valence electrons. The summed E-state index contributed by atoms with van der Waals surface area (Å²) in [4.78, 5) is 29.9. The zero-order valence-electron chi connectivity index (χ0n) is 10.8. The Balaban J connectivity index is 2.03. The van der Waals surface area contributed by atoms with E-state index in [1.165, 1.54) is 4.90 Å². The number of halogens is 1. The van der Waals surface area contributed by atoms with Crippen molar-refractivity contribution in [2.75, 3.05) is 4.90 Å². The predicted molar refractivity (Wildman–Crippen MR) is 77.6 cm³/mol. The molecular formula is C14H12BrN3O2. The number of aromatic nitrogens is 2. The standard InChI is InChI=1S/C14H12BrN3O2/c1-2-17-7-6-16-11(17)8-18-12-9(13(19)14(18)20)4-3-5-10(12)15/h3-7H,2,8H2,1H3. The van der Waals surface area contributed by atoms with Gasteiger partial charge in [-0.25, -0.2) is 4.98 Å². The fourth-order valence-corrected chi connectivity index (χ4v) is 2.96. The second-order valence-electron chi connectivity index (χ2n) is 4.49. The molecule has 20 heavy (non-hydrogen) atoms. The maximum Gasteiger partial charge on any atom is 0.299 e. The first-order valence-corrected chi connectivity index (χ1v) is 7.07. The van der Waals surface area contributed by atoms with E-state index in [9.17, 15) is 9.59 Å². The van der Waals surface area contributed by atoms with Crippen LogP contribution in [0.3, 0.4) is 0 Å². The molecule has 5 nitrogen and oxygen atoms in total. The smallest absolute Gasteiger partial charge is 0.299 e. The van der Waals surface area contributed by atoms with Gasteiger partial charge in [0, 0.05) is 23.4 Å². The van der Waals surface area contributed by atoms with Crippen LogP contribution in [-0.4, -0.2) is 21.2 Å². The lowest BCUT2D eigenvalue weighted by atomic mass is 10.1. The number of Topliss-reactive ketones (excluding diaryl/α,β-unsaturated/α-hetero) is 1. The number of nitrogens with zero attached hydrogens (tertiary/aromatic N) is 3. The molecule has 3 rings (SSSR count). The molecule has 0 fully saturated rings. The minimum absolute atomic E-state index is 0.293. The highest BCUT2D eigenvalue weighted by molar-refractivity contribution is 9.10. The van der Waals surface area contributed by atoms with E-state index < -0.39 is 11.7 Å². The number of benzene rings is 1. The first-order valence-electron chi connectivity index (χ1n) is 6.28. The summed E-state index contributed by atoms with van der Waals surface area (Å²) in [7, 11) is 0. The van der Waals surface area contributed by atoms with Crippen LogP contribution in [0.1, 0.15) is 23.1 Å². The maximum absolute atomic E-state index is 12.2. The lowest BCUT2D eigenvalue weighted by Gasteiger charge is -2.17. The number of hydrogen-bond donors (Lipinski definition) is 0. The van der Waals surface area contributed by atoms with Gasteiger partial charge in [-0.15, -0.1) is 0 Å². The van der Waals surface area contributed by atoms with Crippen molar-refractivity contribution in [2.24, 2.45) is 0 Å². The lowest BCUT2D eigenvalue weighted by Crippen LogP contribution is -2.30. The van der Waals surface area contributed by atoms with Crippen molar-refractivity contribution < 1.29 is 9.59 Å². The third kappa shape index (κ3) is 1.87. The molecule has 0 atom stereocenters. The van der Waals surface area contributed by atoms with Gasteiger partial charge < -0.3 is 4.57 Å². The van der Waals surface area contributed by atoms with Crippen LogP contribution in [0.15, 0.2) is 35.1 Å². The number of fused-ring (bicyclic) bond motifs is 1. The molecule has 0 spiro atoms. The van der Waals surface area contributed by atoms with Crippen molar-refractivity contribution in [3.63, 3.8) is 0 Å². The molecule has 0 radical (unpaired) electrons. The molecule has 1 aliphatic rings. The van der Waals surface area contributed by atoms with E-state index in [4.69, 9.17) is 0 Å². The summed E-state index contributed by atoms with van der Waals surface area (Å²) >= 11 is 3.41. The third-order valence-corrected chi connectivity index (χ3v) is 4.02. The van der Waals surface area contributed by atoms with Gasteiger partial charge in [-0.1, -0.05) is 6.07 Å². The SMILES string of the molecule is CCn1ccnc1CN1C(=O)C(=O)c2cccc(Br)c21. The van der Waals surface area contributed by atoms with Gasteiger partial charge in [-0.3, -0.25) is 14.5 Å². The summed E-state index contributed by atoms with van der Waals surface area (Å²) in [6.45, 7) is 3.07. The number of rotatable bonds is 3. The van der Waals surface area contributed by atoms with E-state index in [1.807, 2.05) is 23.8 Å². The highest BCUT2D eigenvalue weighted by atomic mass is 79.9. The van der Waals surface area contributed by atoms with Gasteiger partial charge in [0.25, 0.3) is 11.7 Å². The third-order valence-electron chi connectivity index (χ3n) is 3.38. The Hall–Kier alpha value is -1.95. The van der Waals surface area contributed by atoms with Crippen LogP contribution in [0.2, 0.25) is 0 Å². The quantitative estimate of drug-likeness (QED) is 0.810. The van der Waals surface area contributed by atoms with Gasteiger partial charge in [0.15, 0.2) is 0 Å². The Labute approximate surface area is 124 Å². The molecular weight excluding hydrogens is 322 g/mol. The minimum Gasteiger partial charge on any atom is -0.334 e. The molecule has 6 heteroatoms. The highest BCUT2D eigenvalue weighted by Crippen LogP contribution is 2.36. The van der Waals surface area contributed by atoms with Crippen LogP contribution in [0, 0.1) is 0 Å². The fourth-order valence-electron chi connectivity index (χ4n) is 2.38. The zero-order chi connectivity index (χ0) is 14.3. The van der Waals surface area contributed by atoms with Gasteiger partial charge in [-0.2, -0.15) is 0 Å². The second kappa shape index (κ2) is 4.86. The molecule has 0 aliphatic carbocycles. The van der Waals surface area contributed by atoms with Gasteiger partial charge in [0.05, 0.1) is 17.8 Å². The van der Waals surface area contributed by atoms with Gasteiger partial charge >= 0.3 is 0 Å². The lowest BCUT2D eigenvalue weighted by molar-refractivity contribution is -0.114. The van der Waals surface area contributed by atoms with Crippen molar-refractivity contribution in [3.8, 4) is 0 Å². The van der Waals surface area contributed by atoms with E-state index in [0.29, 0.717) is 17.8 Å². The largest absolute Gasteiger partial charge is 0.334 e. The Kier molecular flexibility index (Phi) is 3.17. The van der Waals surface area contributed by atoms with E-state index in [1.54, 1.807) is 18.3 Å². The Bertz CT molecular complexity index is 708. The van der Waals surface area contributed by atoms with Crippen molar-refractivity contribution >= 4 is 33.3 Å². The maximum atomic E-state index is 12.2. The molecule has 0 N–H and O–H groups in total. The summed E-state index contributed by atoms with van der Waals surface area (Å²) in [6.07, 6.45) is 3.56. The number of para-hydroxylation sites is 1. The van der Waals surface area contributed by atoms with Gasteiger partial charge in [0.1, 0.15) is 5.82 Å². The summed E-state index contributed by atoms with van der Waals surface area (Å²) < 4.78 is 2.69. The van der Waals surface area contributed by atoms with Crippen molar-refractivity contribution in [1.82, 2.24) is 9.55 Å². The number of hydrogen-bond acceptors (Lipinski definition) is 3. The van der Waals surface area contributed by atoms with E-state index in [0.717, 1.165) is 16.8 Å². The molecule has 1 aromatic carbocycles. The summed E-state index contributed by atoms with van der Waals surface area (Å²) in [6, 6.07) is 5.25.